The first-order valence-corrected chi connectivity index (χ1v) is 8.09. The van der Waals surface area contributed by atoms with Crippen molar-refractivity contribution in [2.45, 2.75) is 19.9 Å². The second-order valence-electron chi connectivity index (χ2n) is 5.05. The molecule has 22 heavy (non-hydrogen) atoms. The third-order valence-corrected chi connectivity index (χ3v) is 4.47. The van der Waals surface area contributed by atoms with Gasteiger partial charge >= 0.3 is 0 Å². The Morgan fingerprint density at radius 3 is 2.73 bits per heavy atom. The first kappa shape index (κ1) is 16.5. The molecule has 0 atom stereocenters. The molecule has 6 heteroatoms. The highest BCUT2D eigenvalue weighted by atomic mass is 35.5. The summed E-state index contributed by atoms with van der Waals surface area (Å²) in [5.74, 6) is -0.538. The maximum absolute atomic E-state index is 11.7. The average molecular weight is 337 g/mol. The zero-order valence-electron chi connectivity index (χ0n) is 12.4. The fraction of sp³-hybridized carbons (Fsp3) is 0.250. The number of amides is 2. The van der Waals surface area contributed by atoms with E-state index in [-0.39, 0.29) is 24.4 Å². The molecule has 0 saturated heterocycles. The molecule has 0 aliphatic rings. The van der Waals surface area contributed by atoms with Gasteiger partial charge in [0.25, 0.3) is 0 Å². The van der Waals surface area contributed by atoms with Gasteiger partial charge in [-0.25, -0.2) is 0 Å². The number of rotatable bonds is 5. The lowest BCUT2D eigenvalue weighted by molar-refractivity contribution is -0.124. The van der Waals surface area contributed by atoms with Gasteiger partial charge in [-0.15, -0.1) is 11.3 Å². The molecule has 0 saturated carbocycles. The van der Waals surface area contributed by atoms with Crippen molar-refractivity contribution in [3.63, 3.8) is 0 Å². The number of hydrogen-bond acceptors (Lipinski definition) is 3. The highest BCUT2D eigenvalue weighted by molar-refractivity contribution is 7.20. The van der Waals surface area contributed by atoms with Crippen LogP contribution in [-0.4, -0.2) is 24.4 Å². The number of carbonyl (C=O) groups is 2. The van der Waals surface area contributed by atoms with Crippen molar-refractivity contribution in [3.05, 3.63) is 40.2 Å². The molecular formula is C16H17ClN2O2S. The molecule has 1 aromatic heterocycles. The van der Waals surface area contributed by atoms with E-state index in [4.69, 9.17) is 11.6 Å². The van der Waals surface area contributed by atoms with Crippen molar-refractivity contribution < 1.29 is 9.59 Å². The van der Waals surface area contributed by atoms with E-state index in [0.717, 1.165) is 15.0 Å². The van der Waals surface area contributed by atoms with E-state index in [2.05, 4.69) is 10.6 Å². The minimum absolute atomic E-state index is 0.0402. The van der Waals surface area contributed by atoms with Gasteiger partial charge in [-0.2, -0.15) is 0 Å². The van der Waals surface area contributed by atoms with E-state index in [1.54, 1.807) is 6.08 Å². The summed E-state index contributed by atoms with van der Waals surface area (Å²) in [7, 11) is 0. The summed E-state index contributed by atoms with van der Waals surface area (Å²) in [6.07, 6.45) is 3.06. The van der Waals surface area contributed by atoms with Crippen LogP contribution in [-0.2, 0) is 9.59 Å². The Morgan fingerprint density at radius 2 is 2.05 bits per heavy atom. The van der Waals surface area contributed by atoms with Gasteiger partial charge in [0.15, 0.2) is 0 Å². The molecule has 0 unspecified atom stereocenters. The molecule has 2 aromatic rings. The second kappa shape index (κ2) is 7.42. The van der Waals surface area contributed by atoms with E-state index >= 15 is 0 Å². The molecule has 0 aliphatic carbocycles. The molecule has 1 aromatic carbocycles. The Bertz CT molecular complexity index is 722. The number of hydrogen-bond donors (Lipinski definition) is 2. The van der Waals surface area contributed by atoms with Crippen LogP contribution in [0.15, 0.2) is 30.3 Å². The maximum Gasteiger partial charge on any atom is 0.244 e. The van der Waals surface area contributed by atoms with Crippen molar-refractivity contribution in [1.82, 2.24) is 10.6 Å². The van der Waals surface area contributed by atoms with Gasteiger partial charge in [-0.1, -0.05) is 29.8 Å². The fourth-order valence-corrected chi connectivity index (χ4v) is 3.29. The predicted molar refractivity (Wildman–Crippen MR) is 92.2 cm³/mol. The van der Waals surface area contributed by atoms with Gasteiger partial charge in [0.1, 0.15) is 0 Å². The van der Waals surface area contributed by atoms with E-state index in [0.29, 0.717) is 5.02 Å². The van der Waals surface area contributed by atoms with Crippen molar-refractivity contribution in [1.29, 1.82) is 0 Å². The molecule has 2 rings (SSSR count). The first-order valence-electron chi connectivity index (χ1n) is 6.89. The number of halogens is 1. The van der Waals surface area contributed by atoms with Crippen LogP contribution in [0, 0.1) is 0 Å². The largest absolute Gasteiger partial charge is 0.352 e. The maximum atomic E-state index is 11.7. The highest BCUT2D eigenvalue weighted by Crippen LogP contribution is 2.35. The van der Waals surface area contributed by atoms with E-state index in [1.165, 1.54) is 17.4 Å². The standard InChI is InChI=1S/C16H17ClN2O2S/c1-10(2)19-15(21)9-18-14(20)8-7-13-16(17)11-5-3-4-6-12(11)22-13/h3-8,10H,9H2,1-2H3,(H,18,20)(H,19,21)/b8-7+. The Balaban J connectivity index is 1.97. The summed E-state index contributed by atoms with van der Waals surface area (Å²) >= 11 is 7.81. The topological polar surface area (TPSA) is 58.2 Å². The zero-order chi connectivity index (χ0) is 16.1. The summed E-state index contributed by atoms with van der Waals surface area (Å²) in [6, 6.07) is 7.86. The van der Waals surface area contributed by atoms with Crippen LogP contribution in [0.25, 0.3) is 16.2 Å². The second-order valence-corrected chi connectivity index (χ2v) is 6.51. The van der Waals surface area contributed by atoms with Crippen LogP contribution in [0.3, 0.4) is 0 Å². The van der Waals surface area contributed by atoms with Gasteiger partial charge in [0.05, 0.1) is 11.6 Å². The first-order chi connectivity index (χ1) is 10.5. The van der Waals surface area contributed by atoms with Crippen molar-refractivity contribution >= 4 is 50.9 Å². The summed E-state index contributed by atoms with van der Waals surface area (Å²) in [5.41, 5.74) is 0. The molecule has 0 aliphatic heterocycles. The van der Waals surface area contributed by atoms with Crippen LogP contribution < -0.4 is 10.6 Å². The Hall–Kier alpha value is -1.85. The van der Waals surface area contributed by atoms with Crippen molar-refractivity contribution in [3.8, 4) is 0 Å². The lowest BCUT2D eigenvalue weighted by Crippen LogP contribution is -2.39. The minimum atomic E-state index is -0.326. The summed E-state index contributed by atoms with van der Waals surface area (Å²) in [6.45, 7) is 3.69. The third kappa shape index (κ3) is 4.32. The average Bonchev–Trinajstić information content (AvgIpc) is 2.79. The van der Waals surface area contributed by atoms with Crippen LogP contribution >= 0.6 is 22.9 Å². The van der Waals surface area contributed by atoms with Gasteiger partial charge in [-0.3, -0.25) is 9.59 Å². The number of benzene rings is 1. The monoisotopic (exact) mass is 336 g/mol. The number of nitrogens with one attached hydrogen (secondary N) is 2. The molecule has 0 spiro atoms. The van der Waals surface area contributed by atoms with Gasteiger partial charge in [0, 0.05) is 27.1 Å². The molecule has 0 radical (unpaired) electrons. The highest BCUT2D eigenvalue weighted by Gasteiger charge is 2.08. The minimum Gasteiger partial charge on any atom is -0.352 e. The quantitative estimate of drug-likeness (QED) is 0.824. The SMILES string of the molecule is CC(C)NC(=O)CNC(=O)/C=C/c1sc2ccccc2c1Cl. The summed E-state index contributed by atoms with van der Waals surface area (Å²) in [5, 5.41) is 6.86. The Labute approximate surface area is 138 Å². The van der Waals surface area contributed by atoms with Crippen LogP contribution in [0.5, 0.6) is 0 Å². The fourth-order valence-electron chi connectivity index (χ4n) is 1.89. The van der Waals surface area contributed by atoms with Gasteiger partial charge < -0.3 is 10.6 Å². The lowest BCUT2D eigenvalue weighted by atomic mass is 10.2. The normalized spacial score (nSPS) is 11.3. The molecule has 4 nitrogen and oxygen atoms in total. The Morgan fingerprint density at radius 1 is 1.32 bits per heavy atom. The molecular weight excluding hydrogens is 320 g/mol. The molecule has 2 N–H and O–H groups in total. The zero-order valence-corrected chi connectivity index (χ0v) is 13.9. The van der Waals surface area contributed by atoms with Gasteiger partial charge in [-0.05, 0) is 26.0 Å². The summed E-state index contributed by atoms with van der Waals surface area (Å²) < 4.78 is 1.07. The predicted octanol–water partition coefficient (Wildman–Crippen LogP) is 3.21. The van der Waals surface area contributed by atoms with E-state index < -0.39 is 0 Å². The van der Waals surface area contributed by atoms with E-state index in [9.17, 15) is 9.59 Å². The molecule has 2 amide bonds. The van der Waals surface area contributed by atoms with Crippen LogP contribution in [0.4, 0.5) is 0 Å². The summed E-state index contributed by atoms with van der Waals surface area (Å²) in [4.78, 5) is 24.0. The van der Waals surface area contributed by atoms with Crippen molar-refractivity contribution in [2.24, 2.45) is 0 Å². The molecule has 1 heterocycles. The van der Waals surface area contributed by atoms with Gasteiger partial charge in [0.2, 0.25) is 11.8 Å². The van der Waals surface area contributed by atoms with Crippen LogP contribution in [0.1, 0.15) is 18.7 Å². The van der Waals surface area contributed by atoms with Crippen LogP contribution in [0.2, 0.25) is 5.02 Å². The van der Waals surface area contributed by atoms with E-state index in [1.807, 2.05) is 38.1 Å². The molecule has 116 valence electrons. The number of carbonyl (C=O) groups excluding carboxylic acids is 2. The lowest BCUT2D eigenvalue weighted by Gasteiger charge is -2.07. The Kier molecular flexibility index (Phi) is 5.57. The smallest absolute Gasteiger partial charge is 0.244 e. The van der Waals surface area contributed by atoms with Crippen molar-refractivity contribution in [2.75, 3.05) is 6.54 Å². The number of thiophene rings is 1. The third-order valence-electron chi connectivity index (χ3n) is 2.82. The molecule has 0 fully saturated rings. The number of fused-ring (bicyclic) bond motifs is 1. The molecule has 0 bridgehead atoms.